The van der Waals surface area contributed by atoms with Gasteiger partial charge in [0.2, 0.25) is 0 Å². The van der Waals surface area contributed by atoms with Crippen LogP contribution in [-0.2, 0) is 11.2 Å². The van der Waals surface area contributed by atoms with Gasteiger partial charge in [0.15, 0.2) is 6.61 Å². The highest BCUT2D eigenvalue weighted by atomic mass is 79.9. The summed E-state index contributed by atoms with van der Waals surface area (Å²) >= 11 is 3.44. The number of amides is 1. The van der Waals surface area contributed by atoms with Gasteiger partial charge in [-0.2, -0.15) is 0 Å². The van der Waals surface area contributed by atoms with E-state index < -0.39 is 0 Å². The molecule has 0 aliphatic rings. The van der Waals surface area contributed by atoms with Crippen molar-refractivity contribution < 1.29 is 13.9 Å². The molecule has 5 heteroatoms. The van der Waals surface area contributed by atoms with E-state index in [1.54, 1.807) is 12.1 Å². The fourth-order valence-electron chi connectivity index (χ4n) is 2.48. The van der Waals surface area contributed by atoms with Gasteiger partial charge in [-0.15, -0.1) is 0 Å². The normalized spacial score (nSPS) is 10.6. The van der Waals surface area contributed by atoms with Crippen molar-refractivity contribution in [2.24, 2.45) is 0 Å². The topological polar surface area (TPSA) is 38.3 Å². The van der Waals surface area contributed by atoms with Crippen LogP contribution in [0.3, 0.4) is 0 Å². The van der Waals surface area contributed by atoms with Crippen LogP contribution in [0.2, 0.25) is 0 Å². The Bertz CT molecular complexity index is 881. The molecule has 0 saturated heterocycles. The largest absolute Gasteiger partial charge is 0.484 e. The molecule has 128 valence electrons. The zero-order chi connectivity index (χ0) is 17.6. The van der Waals surface area contributed by atoms with Crippen molar-refractivity contribution in [3.63, 3.8) is 0 Å². The highest BCUT2D eigenvalue weighted by Crippen LogP contribution is 2.24. The number of fused-ring (bicyclic) bond motifs is 1. The lowest BCUT2D eigenvalue weighted by atomic mass is 10.1. The van der Waals surface area contributed by atoms with Crippen LogP contribution in [0.1, 0.15) is 5.56 Å². The standard InChI is InChI=1S/C20H17BrFNO2/c21-17-5-3-16-12-19(8-4-15(16)11-17)25-13-20(24)23-10-9-14-1-6-18(22)7-2-14/h1-8,11-12H,9-10,13H2,(H,23,24). The van der Waals surface area contributed by atoms with Crippen molar-refractivity contribution in [3.8, 4) is 5.75 Å². The molecule has 3 aromatic carbocycles. The van der Waals surface area contributed by atoms with E-state index in [0.29, 0.717) is 18.7 Å². The minimum absolute atomic E-state index is 0.0363. The maximum absolute atomic E-state index is 12.8. The van der Waals surface area contributed by atoms with Gasteiger partial charge in [-0.05, 0) is 59.2 Å². The number of rotatable bonds is 6. The highest BCUT2D eigenvalue weighted by Gasteiger charge is 2.04. The second-order valence-corrected chi connectivity index (χ2v) is 6.58. The quantitative estimate of drug-likeness (QED) is 0.661. The highest BCUT2D eigenvalue weighted by molar-refractivity contribution is 9.10. The third kappa shape index (κ3) is 5.03. The van der Waals surface area contributed by atoms with Crippen LogP contribution in [0.4, 0.5) is 4.39 Å². The zero-order valence-corrected chi connectivity index (χ0v) is 15.1. The first-order valence-corrected chi connectivity index (χ1v) is 8.73. The summed E-state index contributed by atoms with van der Waals surface area (Å²) in [6, 6.07) is 18.0. The van der Waals surface area contributed by atoms with Crippen molar-refractivity contribution in [2.75, 3.05) is 13.2 Å². The first kappa shape index (κ1) is 17.4. The van der Waals surface area contributed by atoms with Crippen molar-refractivity contribution in [1.29, 1.82) is 0 Å². The predicted molar refractivity (Wildman–Crippen MR) is 100 cm³/mol. The lowest BCUT2D eigenvalue weighted by Gasteiger charge is -2.09. The van der Waals surface area contributed by atoms with Crippen LogP contribution < -0.4 is 10.1 Å². The van der Waals surface area contributed by atoms with E-state index in [9.17, 15) is 9.18 Å². The van der Waals surface area contributed by atoms with E-state index in [2.05, 4.69) is 21.2 Å². The van der Waals surface area contributed by atoms with E-state index in [1.165, 1.54) is 12.1 Å². The summed E-state index contributed by atoms with van der Waals surface area (Å²) in [7, 11) is 0. The average Bonchev–Trinajstić information content (AvgIpc) is 2.61. The van der Waals surface area contributed by atoms with Crippen LogP contribution in [0.15, 0.2) is 65.1 Å². The molecule has 3 aromatic rings. The minimum atomic E-state index is -0.260. The molecule has 0 saturated carbocycles. The maximum atomic E-state index is 12.8. The molecule has 0 fully saturated rings. The molecule has 0 aromatic heterocycles. The predicted octanol–water partition coefficient (Wildman–Crippen LogP) is 4.48. The van der Waals surface area contributed by atoms with Gasteiger partial charge in [0.1, 0.15) is 11.6 Å². The summed E-state index contributed by atoms with van der Waals surface area (Å²) < 4.78 is 19.4. The summed E-state index contributed by atoms with van der Waals surface area (Å²) in [6.07, 6.45) is 0.650. The zero-order valence-electron chi connectivity index (χ0n) is 13.5. The molecule has 1 amide bonds. The van der Waals surface area contributed by atoms with Gasteiger partial charge < -0.3 is 10.1 Å². The smallest absolute Gasteiger partial charge is 0.257 e. The van der Waals surface area contributed by atoms with Gasteiger partial charge >= 0.3 is 0 Å². The molecular weight excluding hydrogens is 385 g/mol. The molecule has 0 atom stereocenters. The van der Waals surface area contributed by atoms with Gasteiger partial charge in [0.25, 0.3) is 5.91 Å². The summed E-state index contributed by atoms with van der Waals surface area (Å²) in [6.45, 7) is 0.449. The van der Waals surface area contributed by atoms with Gasteiger partial charge in [0, 0.05) is 11.0 Å². The maximum Gasteiger partial charge on any atom is 0.257 e. The molecule has 0 aliphatic carbocycles. The van der Waals surface area contributed by atoms with E-state index in [-0.39, 0.29) is 18.3 Å². The van der Waals surface area contributed by atoms with Gasteiger partial charge in [0.05, 0.1) is 0 Å². The Labute approximate surface area is 153 Å². The molecule has 0 aliphatic heterocycles. The molecule has 0 heterocycles. The fourth-order valence-corrected chi connectivity index (χ4v) is 2.86. The molecule has 3 nitrogen and oxygen atoms in total. The van der Waals surface area contributed by atoms with Crippen molar-refractivity contribution >= 4 is 32.6 Å². The van der Waals surface area contributed by atoms with Crippen molar-refractivity contribution in [2.45, 2.75) is 6.42 Å². The number of carbonyl (C=O) groups is 1. The Hall–Kier alpha value is -2.40. The number of hydrogen-bond donors (Lipinski definition) is 1. The van der Waals surface area contributed by atoms with Crippen LogP contribution >= 0.6 is 15.9 Å². The SMILES string of the molecule is O=C(COc1ccc2cc(Br)ccc2c1)NCCc1ccc(F)cc1. The Morgan fingerprint density at radius 1 is 1.00 bits per heavy atom. The number of hydrogen-bond acceptors (Lipinski definition) is 2. The summed E-state index contributed by atoms with van der Waals surface area (Å²) in [4.78, 5) is 11.9. The first-order valence-electron chi connectivity index (χ1n) is 7.93. The Kier molecular flexibility index (Phi) is 5.66. The molecule has 0 radical (unpaired) electrons. The van der Waals surface area contributed by atoms with Crippen molar-refractivity contribution in [1.82, 2.24) is 5.32 Å². The molecule has 0 spiro atoms. The van der Waals surface area contributed by atoms with Gasteiger partial charge in [-0.25, -0.2) is 4.39 Å². The number of benzene rings is 3. The van der Waals surface area contributed by atoms with Crippen LogP contribution in [0.5, 0.6) is 5.75 Å². The summed E-state index contributed by atoms with van der Waals surface area (Å²) in [5.41, 5.74) is 0.975. The van der Waals surface area contributed by atoms with Crippen LogP contribution in [0, 0.1) is 5.82 Å². The second kappa shape index (κ2) is 8.12. The summed E-state index contributed by atoms with van der Waals surface area (Å²) in [5.74, 6) is 0.213. The second-order valence-electron chi connectivity index (χ2n) is 5.67. The number of ether oxygens (including phenoxy) is 1. The molecule has 25 heavy (non-hydrogen) atoms. The molecule has 1 N–H and O–H groups in total. The Balaban J connectivity index is 1.47. The van der Waals surface area contributed by atoms with E-state index in [4.69, 9.17) is 4.74 Å². The third-order valence-corrected chi connectivity index (χ3v) is 4.29. The number of nitrogens with one attached hydrogen (secondary N) is 1. The van der Waals surface area contributed by atoms with Gasteiger partial charge in [-0.3, -0.25) is 4.79 Å². The number of carbonyl (C=O) groups excluding carboxylic acids is 1. The van der Waals surface area contributed by atoms with Gasteiger partial charge in [-0.1, -0.05) is 40.2 Å². The lowest BCUT2D eigenvalue weighted by Crippen LogP contribution is -2.30. The Morgan fingerprint density at radius 3 is 2.52 bits per heavy atom. The van der Waals surface area contributed by atoms with Crippen LogP contribution in [-0.4, -0.2) is 19.1 Å². The molecular formula is C20H17BrFNO2. The molecule has 0 bridgehead atoms. The monoisotopic (exact) mass is 401 g/mol. The van der Waals surface area contributed by atoms with Crippen molar-refractivity contribution in [3.05, 3.63) is 76.5 Å². The fraction of sp³-hybridized carbons (Fsp3) is 0.150. The number of halogens is 2. The molecule has 0 unspecified atom stereocenters. The van der Waals surface area contributed by atoms with Crippen LogP contribution in [0.25, 0.3) is 10.8 Å². The third-order valence-electron chi connectivity index (χ3n) is 3.79. The van der Waals surface area contributed by atoms with E-state index in [0.717, 1.165) is 20.8 Å². The molecule has 3 rings (SSSR count). The Morgan fingerprint density at radius 2 is 1.72 bits per heavy atom. The lowest BCUT2D eigenvalue weighted by molar-refractivity contribution is -0.123. The summed E-state index contributed by atoms with van der Waals surface area (Å²) in [5, 5.41) is 4.95. The first-order chi connectivity index (χ1) is 12.1. The average molecular weight is 402 g/mol. The minimum Gasteiger partial charge on any atom is -0.484 e. The van der Waals surface area contributed by atoms with E-state index >= 15 is 0 Å². The van der Waals surface area contributed by atoms with E-state index in [1.807, 2.05) is 36.4 Å².